The Hall–Kier alpha value is -1.11. The number of aliphatic carboxylic acids is 1. The number of pyridine rings is 1. The fourth-order valence-corrected chi connectivity index (χ4v) is 1.43. The van der Waals surface area contributed by atoms with Gasteiger partial charge in [-0.3, -0.25) is 4.79 Å². The van der Waals surface area contributed by atoms with E-state index < -0.39 is 34.9 Å². The van der Waals surface area contributed by atoms with Crippen LogP contribution in [-0.4, -0.2) is 16.1 Å². The first-order chi connectivity index (χ1) is 6.91. The van der Waals surface area contributed by atoms with E-state index in [4.69, 9.17) is 5.11 Å². The Labute approximate surface area is 91.1 Å². The van der Waals surface area contributed by atoms with Gasteiger partial charge in [-0.15, -0.1) is 0 Å². The van der Waals surface area contributed by atoms with E-state index in [0.717, 1.165) is 6.07 Å². The summed E-state index contributed by atoms with van der Waals surface area (Å²) >= 11 is 2.64. The highest BCUT2D eigenvalue weighted by atomic mass is 79.9. The van der Waals surface area contributed by atoms with Crippen LogP contribution in [0.1, 0.15) is 17.7 Å². The molecule has 1 aromatic rings. The largest absolute Gasteiger partial charge is 0.481 e. The smallest absolute Gasteiger partial charge is 0.307 e. The number of aromatic nitrogens is 1. The molecule has 0 bridgehead atoms. The summed E-state index contributed by atoms with van der Waals surface area (Å²) in [6.07, 6.45) is -3.53. The van der Waals surface area contributed by atoms with Gasteiger partial charge in [0.25, 0.3) is 6.43 Å². The van der Waals surface area contributed by atoms with Crippen molar-refractivity contribution in [2.45, 2.75) is 12.8 Å². The summed E-state index contributed by atoms with van der Waals surface area (Å²) in [5.41, 5.74) is -0.973. The summed E-state index contributed by atoms with van der Waals surface area (Å²) in [6.45, 7) is 0. The van der Waals surface area contributed by atoms with Crippen molar-refractivity contribution in [1.29, 1.82) is 0 Å². The van der Waals surface area contributed by atoms with Crippen molar-refractivity contribution in [1.82, 2.24) is 4.98 Å². The summed E-state index contributed by atoms with van der Waals surface area (Å²) in [4.78, 5) is 13.6. The zero-order valence-corrected chi connectivity index (χ0v) is 8.76. The monoisotopic (exact) mass is 283 g/mol. The number of alkyl halides is 2. The van der Waals surface area contributed by atoms with Crippen LogP contribution < -0.4 is 0 Å². The van der Waals surface area contributed by atoms with Gasteiger partial charge in [0, 0.05) is 5.56 Å². The molecule has 0 aliphatic carbocycles. The number of carboxylic acids is 1. The molecule has 0 aliphatic rings. The first-order valence-electron chi connectivity index (χ1n) is 3.76. The quantitative estimate of drug-likeness (QED) is 0.868. The fourth-order valence-electron chi connectivity index (χ4n) is 0.972. The average molecular weight is 284 g/mol. The zero-order valence-electron chi connectivity index (χ0n) is 7.18. The molecule has 0 saturated heterocycles. The molecule has 0 fully saturated rings. The Morgan fingerprint density at radius 1 is 1.60 bits per heavy atom. The van der Waals surface area contributed by atoms with E-state index in [9.17, 15) is 18.0 Å². The number of hydrogen-bond donors (Lipinski definition) is 1. The maximum atomic E-state index is 13.2. The van der Waals surface area contributed by atoms with Gasteiger partial charge < -0.3 is 5.11 Å². The molecule has 0 aliphatic heterocycles. The third-order valence-electron chi connectivity index (χ3n) is 1.58. The predicted molar refractivity (Wildman–Crippen MR) is 48.2 cm³/mol. The minimum atomic E-state index is -2.87. The molecule has 0 atom stereocenters. The normalized spacial score (nSPS) is 10.7. The molecule has 0 saturated carbocycles. The SMILES string of the molecule is O=C(O)Cc1cc(C(F)F)nc(Br)c1F. The molecular formula is C8H5BrF3NO2. The van der Waals surface area contributed by atoms with Crippen LogP contribution in [0.5, 0.6) is 0 Å². The number of nitrogens with zero attached hydrogens (tertiary/aromatic N) is 1. The molecule has 1 heterocycles. The van der Waals surface area contributed by atoms with Gasteiger partial charge >= 0.3 is 5.97 Å². The second-order valence-corrected chi connectivity index (χ2v) is 3.43. The summed E-state index contributed by atoms with van der Waals surface area (Å²) in [6, 6.07) is 0.749. The van der Waals surface area contributed by atoms with Crippen molar-refractivity contribution in [2.24, 2.45) is 0 Å². The molecule has 0 spiro atoms. The van der Waals surface area contributed by atoms with Crippen LogP contribution in [0.25, 0.3) is 0 Å². The Bertz CT molecular complexity index is 398. The third kappa shape index (κ3) is 2.92. The number of halogens is 4. The summed E-state index contributed by atoms with van der Waals surface area (Å²) < 4.78 is 37.3. The van der Waals surface area contributed by atoms with Crippen LogP contribution in [0.15, 0.2) is 10.7 Å². The molecule has 0 unspecified atom stereocenters. The number of hydrogen-bond acceptors (Lipinski definition) is 2. The molecule has 1 rings (SSSR count). The van der Waals surface area contributed by atoms with Crippen molar-refractivity contribution < 1.29 is 23.1 Å². The van der Waals surface area contributed by atoms with E-state index in [1.54, 1.807) is 0 Å². The third-order valence-corrected chi connectivity index (χ3v) is 2.10. The molecule has 7 heteroatoms. The Morgan fingerprint density at radius 2 is 2.20 bits per heavy atom. The molecule has 0 radical (unpaired) electrons. The van der Waals surface area contributed by atoms with E-state index in [1.165, 1.54) is 0 Å². The van der Waals surface area contributed by atoms with Crippen LogP contribution in [0.3, 0.4) is 0 Å². The summed E-state index contributed by atoms with van der Waals surface area (Å²) in [5.74, 6) is -2.23. The lowest BCUT2D eigenvalue weighted by Gasteiger charge is -2.05. The lowest BCUT2D eigenvalue weighted by Crippen LogP contribution is -2.06. The van der Waals surface area contributed by atoms with Gasteiger partial charge in [0.1, 0.15) is 10.3 Å². The van der Waals surface area contributed by atoms with E-state index in [-0.39, 0.29) is 5.56 Å². The van der Waals surface area contributed by atoms with Gasteiger partial charge in [-0.25, -0.2) is 18.2 Å². The number of carboxylic acid groups (broad SMARTS) is 1. The van der Waals surface area contributed by atoms with Crippen LogP contribution in [0.4, 0.5) is 13.2 Å². The first kappa shape index (κ1) is 12.0. The molecule has 82 valence electrons. The minimum absolute atomic E-state index is 0.320. The zero-order chi connectivity index (χ0) is 11.6. The highest BCUT2D eigenvalue weighted by molar-refractivity contribution is 9.10. The molecule has 0 aromatic carbocycles. The highest BCUT2D eigenvalue weighted by Crippen LogP contribution is 2.24. The maximum absolute atomic E-state index is 13.2. The van der Waals surface area contributed by atoms with E-state index in [1.807, 2.05) is 0 Å². The van der Waals surface area contributed by atoms with E-state index >= 15 is 0 Å². The lowest BCUT2D eigenvalue weighted by atomic mass is 10.1. The second kappa shape index (κ2) is 4.61. The van der Waals surface area contributed by atoms with Gasteiger partial charge in [0.05, 0.1) is 6.42 Å². The Balaban J connectivity index is 3.18. The highest BCUT2D eigenvalue weighted by Gasteiger charge is 2.17. The Morgan fingerprint density at radius 3 is 2.67 bits per heavy atom. The second-order valence-electron chi connectivity index (χ2n) is 2.68. The molecule has 1 aromatic heterocycles. The molecule has 3 nitrogen and oxygen atoms in total. The minimum Gasteiger partial charge on any atom is -0.481 e. The Kier molecular flexibility index (Phi) is 3.67. The van der Waals surface area contributed by atoms with Crippen molar-refractivity contribution >= 4 is 21.9 Å². The van der Waals surface area contributed by atoms with Gasteiger partial charge in [-0.05, 0) is 22.0 Å². The van der Waals surface area contributed by atoms with Crippen molar-refractivity contribution in [3.8, 4) is 0 Å². The van der Waals surface area contributed by atoms with Gasteiger partial charge in [-0.2, -0.15) is 0 Å². The summed E-state index contributed by atoms with van der Waals surface area (Å²) in [5, 5.41) is 8.42. The van der Waals surface area contributed by atoms with Crippen molar-refractivity contribution in [2.75, 3.05) is 0 Å². The number of carbonyl (C=O) groups is 1. The van der Waals surface area contributed by atoms with E-state index in [0.29, 0.717) is 0 Å². The average Bonchev–Trinajstić information content (AvgIpc) is 2.11. The van der Waals surface area contributed by atoms with Gasteiger partial charge in [-0.1, -0.05) is 0 Å². The molecule has 15 heavy (non-hydrogen) atoms. The molecule has 0 amide bonds. The predicted octanol–water partition coefficient (Wildman–Crippen LogP) is 2.55. The number of rotatable bonds is 3. The van der Waals surface area contributed by atoms with Crippen LogP contribution in [-0.2, 0) is 11.2 Å². The summed E-state index contributed by atoms with van der Waals surface area (Å²) in [7, 11) is 0. The standard InChI is InChI=1S/C8H5BrF3NO2/c9-7-6(10)3(2-5(14)15)1-4(13-7)8(11)12/h1,8H,2H2,(H,14,15). The lowest BCUT2D eigenvalue weighted by molar-refractivity contribution is -0.136. The maximum Gasteiger partial charge on any atom is 0.307 e. The van der Waals surface area contributed by atoms with Crippen LogP contribution >= 0.6 is 15.9 Å². The molecular weight excluding hydrogens is 279 g/mol. The van der Waals surface area contributed by atoms with Crippen LogP contribution in [0.2, 0.25) is 0 Å². The topological polar surface area (TPSA) is 50.2 Å². The first-order valence-corrected chi connectivity index (χ1v) is 4.56. The van der Waals surface area contributed by atoms with Crippen molar-refractivity contribution in [3.05, 3.63) is 27.7 Å². The van der Waals surface area contributed by atoms with E-state index in [2.05, 4.69) is 20.9 Å². The van der Waals surface area contributed by atoms with Gasteiger partial charge in [0.15, 0.2) is 5.82 Å². The van der Waals surface area contributed by atoms with Gasteiger partial charge in [0.2, 0.25) is 0 Å². The molecule has 1 N–H and O–H groups in total. The fraction of sp³-hybridized carbons (Fsp3) is 0.250. The van der Waals surface area contributed by atoms with Crippen molar-refractivity contribution in [3.63, 3.8) is 0 Å². The van der Waals surface area contributed by atoms with Crippen LogP contribution in [0, 0.1) is 5.82 Å².